The summed E-state index contributed by atoms with van der Waals surface area (Å²) in [4.78, 5) is 5.10. The number of aryl methyl sites for hydroxylation is 2. The van der Waals surface area contributed by atoms with Crippen LogP contribution in [0.1, 0.15) is 11.1 Å². The summed E-state index contributed by atoms with van der Waals surface area (Å²) in [5.41, 5.74) is 3.30. The predicted molar refractivity (Wildman–Crippen MR) is 110 cm³/mol. The van der Waals surface area contributed by atoms with Crippen LogP contribution >= 0.6 is 11.3 Å². The van der Waals surface area contributed by atoms with Gasteiger partial charge in [0, 0.05) is 10.9 Å². The van der Waals surface area contributed by atoms with E-state index in [1.54, 1.807) is 30.7 Å². The van der Waals surface area contributed by atoms with E-state index >= 15 is 0 Å². The molecule has 28 heavy (non-hydrogen) atoms. The quantitative estimate of drug-likeness (QED) is 0.536. The standard InChI is InChI=1S/C19H18N4O3S2/c1-12-8-9-17(13(2)10-12)28(24,25)22-18-20-19-23(21-18)15(11-27-19)14-6-4-5-7-16(14)26-3/h4-11H,1-3H3,(H,21,22). The van der Waals surface area contributed by atoms with Crippen molar-refractivity contribution in [2.45, 2.75) is 18.7 Å². The van der Waals surface area contributed by atoms with Gasteiger partial charge in [-0.1, -0.05) is 29.8 Å². The van der Waals surface area contributed by atoms with Gasteiger partial charge in [-0.3, -0.25) is 0 Å². The van der Waals surface area contributed by atoms with Gasteiger partial charge in [0.25, 0.3) is 16.0 Å². The lowest BCUT2D eigenvalue weighted by atomic mass is 10.1. The minimum atomic E-state index is -3.79. The molecular weight excluding hydrogens is 396 g/mol. The second-order valence-corrected chi connectivity index (χ2v) is 8.81. The number of fused-ring (bicyclic) bond motifs is 1. The first-order valence-electron chi connectivity index (χ1n) is 8.47. The normalized spacial score (nSPS) is 11.7. The highest BCUT2D eigenvalue weighted by Gasteiger charge is 2.21. The molecule has 9 heteroatoms. The van der Waals surface area contributed by atoms with Crippen molar-refractivity contribution in [1.82, 2.24) is 14.6 Å². The summed E-state index contributed by atoms with van der Waals surface area (Å²) < 4.78 is 35.1. The van der Waals surface area contributed by atoms with Crippen LogP contribution in [-0.2, 0) is 10.0 Å². The third-order valence-electron chi connectivity index (χ3n) is 4.31. The van der Waals surface area contributed by atoms with Gasteiger partial charge in [0.15, 0.2) is 0 Å². The highest BCUT2D eigenvalue weighted by atomic mass is 32.2. The molecule has 2 heterocycles. The topological polar surface area (TPSA) is 85.6 Å². The smallest absolute Gasteiger partial charge is 0.264 e. The highest BCUT2D eigenvalue weighted by Crippen LogP contribution is 2.32. The fourth-order valence-electron chi connectivity index (χ4n) is 3.04. The molecule has 0 saturated carbocycles. The van der Waals surface area contributed by atoms with Gasteiger partial charge in [-0.05, 0) is 37.6 Å². The van der Waals surface area contributed by atoms with Crippen LogP contribution in [0, 0.1) is 13.8 Å². The van der Waals surface area contributed by atoms with Crippen molar-refractivity contribution in [1.29, 1.82) is 0 Å². The first kappa shape index (κ1) is 18.5. The number of methoxy groups -OCH3 is 1. The van der Waals surface area contributed by atoms with Crippen LogP contribution in [0.5, 0.6) is 5.75 Å². The molecular formula is C19H18N4O3S2. The Balaban J connectivity index is 1.72. The van der Waals surface area contributed by atoms with Crippen molar-refractivity contribution in [3.63, 3.8) is 0 Å². The van der Waals surface area contributed by atoms with Crippen molar-refractivity contribution in [2.75, 3.05) is 11.8 Å². The van der Waals surface area contributed by atoms with E-state index in [4.69, 9.17) is 4.74 Å². The van der Waals surface area contributed by atoms with Gasteiger partial charge in [0.05, 0.1) is 17.7 Å². The third-order valence-corrected chi connectivity index (χ3v) is 6.61. The largest absolute Gasteiger partial charge is 0.496 e. The zero-order chi connectivity index (χ0) is 19.9. The van der Waals surface area contributed by atoms with E-state index < -0.39 is 10.0 Å². The van der Waals surface area contributed by atoms with Crippen molar-refractivity contribution >= 4 is 32.3 Å². The summed E-state index contributed by atoms with van der Waals surface area (Å²) in [7, 11) is -2.18. The van der Waals surface area contributed by atoms with E-state index in [2.05, 4.69) is 14.8 Å². The summed E-state index contributed by atoms with van der Waals surface area (Å²) >= 11 is 1.37. The number of nitrogens with one attached hydrogen (secondary N) is 1. The van der Waals surface area contributed by atoms with Crippen molar-refractivity contribution in [2.24, 2.45) is 0 Å². The number of hydrogen-bond acceptors (Lipinski definition) is 6. The van der Waals surface area contributed by atoms with E-state index in [1.807, 2.05) is 42.6 Å². The Morgan fingerprint density at radius 3 is 2.68 bits per heavy atom. The fraction of sp³-hybridized carbons (Fsp3) is 0.158. The number of rotatable bonds is 5. The number of sulfonamides is 1. The average molecular weight is 415 g/mol. The summed E-state index contributed by atoms with van der Waals surface area (Å²) in [6.45, 7) is 3.68. The molecule has 0 aliphatic heterocycles. The molecule has 7 nitrogen and oxygen atoms in total. The molecule has 144 valence electrons. The van der Waals surface area contributed by atoms with Crippen LogP contribution in [0.2, 0.25) is 0 Å². The molecule has 0 bridgehead atoms. The molecule has 2 aromatic carbocycles. The number of aromatic nitrogens is 3. The molecule has 1 N–H and O–H groups in total. The lowest BCUT2D eigenvalue weighted by Gasteiger charge is -2.08. The summed E-state index contributed by atoms with van der Waals surface area (Å²) in [6, 6.07) is 12.7. The Bertz CT molecular complexity index is 1280. The Labute approximate surface area is 166 Å². The Morgan fingerprint density at radius 2 is 1.93 bits per heavy atom. The van der Waals surface area contributed by atoms with Gasteiger partial charge in [-0.25, -0.2) is 17.7 Å². The van der Waals surface area contributed by atoms with Crippen LogP contribution < -0.4 is 9.46 Å². The highest BCUT2D eigenvalue weighted by molar-refractivity contribution is 7.92. The molecule has 2 aromatic heterocycles. The number of thiazole rings is 1. The molecule has 0 spiro atoms. The minimum Gasteiger partial charge on any atom is -0.496 e. The molecule has 0 saturated heterocycles. The van der Waals surface area contributed by atoms with Gasteiger partial charge in [0.1, 0.15) is 5.75 Å². The first-order chi connectivity index (χ1) is 13.4. The number of para-hydroxylation sites is 1. The number of anilines is 1. The third kappa shape index (κ3) is 3.23. The maximum absolute atomic E-state index is 12.8. The number of ether oxygens (including phenoxy) is 1. The van der Waals surface area contributed by atoms with Crippen LogP contribution in [0.25, 0.3) is 16.2 Å². The summed E-state index contributed by atoms with van der Waals surface area (Å²) in [5.74, 6) is 0.734. The Hall–Kier alpha value is -2.91. The van der Waals surface area contributed by atoms with E-state index in [1.165, 1.54) is 11.3 Å². The minimum absolute atomic E-state index is 0.0305. The number of nitrogens with zero attached hydrogens (tertiary/aromatic N) is 3. The number of benzene rings is 2. The van der Waals surface area contributed by atoms with E-state index in [-0.39, 0.29) is 10.8 Å². The molecule has 0 amide bonds. The van der Waals surface area contributed by atoms with E-state index in [9.17, 15) is 8.42 Å². The number of hydrogen-bond donors (Lipinski definition) is 1. The second-order valence-electron chi connectivity index (χ2n) is 6.33. The lowest BCUT2D eigenvalue weighted by Crippen LogP contribution is -2.15. The van der Waals surface area contributed by atoms with E-state index in [0.717, 1.165) is 16.8 Å². The van der Waals surface area contributed by atoms with Crippen molar-refractivity contribution < 1.29 is 13.2 Å². The van der Waals surface area contributed by atoms with Crippen LogP contribution in [0.3, 0.4) is 0 Å². The van der Waals surface area contributed by atoms with Crippen molar-refractivity contribution in [3.8, 4) is 17.0 Å². The molecule has 4 aromatic rings. The van der Waals surface area contributed by atoms with Crippen LogP contribution in [0.4, 0.5) is 5.95 Å². The summed E-state index contributed by atoms with van der Waals surface area (Å²) in [5, 5.41) is 6.26. The molecule has 0 fully saturated rings. The molecule has 0 unspecified atom stereocenters. The molecule has 0 aliphatic rings. The zero-order valence-electron chi connectivity index (χ0n) is 15.5. The molecule has 0 radical (unpaired) electrons. The molecule has 0 aliphatic carbocycles. The second kappa shape index (κ2) is 6.92. The maximum atomic E-state index is 12.8. The van der Waals surface area contributed by atoms with Gasteiger partial charge < -0.3 is 4.74 Å². The van der Waals surface area contributed by atoms with Crippen LogP contribution in [0.15, 0.2) is 52.7 Å². The van der Waals surface area contributed by atoms with Crippen LogP contribution in [-0.4, -0.2) is 30.1 Å². The van der Waals surface area contributed by atoms with Gasteiger partial charge in [-0.2, -0.15) is 4.98 Å². The Morgan fingerprint density at radius 1 is 1.14 bits per heavy atom. The predicted octanol–water partition coefficient (Wildman–Crippen LogP) is 3.88. The zero-order valence-corrected chi connectivity index (χ0v) is 17.1. The van der Waals surface area contributed by atoms with Gasteiger partial charge >= 0.3 is 0 Å². The maximum Gasteiger partial charge on any atom is 0.264 e. The van der Waals surface area contributed by atoms with E-state index in [0.29, 0.717) is 16.3 Å². The lowest BCUT2D eigenvalue weighted by molar-refractivity contribution is 0.416. The monoisotopic (exact) mass is 414 g/mol. The summed E-state index contributed by atoms with van der Waals surface area (Å²) in [6.07, 6.45) is 0. The molecule has 0 atom stereocenters. The first-order valence-corrected chi connectivity index (χ1v) is 10.8. The van der Waals surface area contributed by atoms with Crippen molar-refractivity contribution in [3.05, 3.63) is 59.0 Å². The average Bonchev–Trinajstić information content (AvgIpc) is 3.20. The Kier molecular flexibility index (Phi) is 4.56. The molecule has 4 rings (SSSR count). The van der Waals surface area contributed by atoms with Gasteiger partial charge in [-0.15, -0.1) is 16.4 Å². The SMILES string of the molecule is COc1ccccc1-c1csc2nc(NS(=O)(=O)c3ccc(C)cc3C)nn12. The van der Waals surface area contributed by atoms with Gasteiger partial charge in [0.2, 0.25) is 4.96 Å². The fourth-order valence-corrected chi connectivity index (χ4v) is 5.03.